The summed E-state index contributed by atoms with van der Waals surface area (Å²) < 4.78 is 28.4. The van der Waals surface area contributed by atoms with Crippen LogP contribution in [0.15, 0.2) is 53.4 Å². The molecule has 2 aromatic carbocycles. The molecule has 0 unspecified atom stereocenters. The van der Waals surface area contributed by atoms with Crippen LogP contribution < -0.4 is 9.64 Å². The first-order chi connectivity index (χ1) is 12.0. The van der Waals surface area contributed by atoms with Crippen LogP contribution in [0.25, 0.3) is 0 Å². The Morgan fingerprint density at radius 1 is 1.08 bits per heavy atom. The lowest BCUT2D eigenvalue weighted by molar-refractivity contribution is 0.399. The molecule has 1 aliphatic rings. The van der Waals surface area contributed by atoms with Crippen LogP contribution in [0.3, 0.4) is 0 Å². The normalized spacial score (nSPS) is 16.0. The molecule has 1 heterocycles. The second-order valence-electron chi connectivity index (χ2n) is 6.75. The molecule has 0 radical (unpaired) electrons. The van der Waals surface area contributed by atoms with Gasteiger partial charge in [-0.25, -0.2) is 8.42 Å². The number of piperidine rings is 1. The van der Waals surface area contributed by atoms with Gasteiger partial charge in [-0.1, -0.05) is 12.1 Å². The van der Waals surface area contributed by atoms with Crippen molar-refractivity contribution in [1.82, 2.24) is 0 Å². The van der Waals surface area contributed by atoms with Crippen molar-refractivity contribution in [3.8, 4) is 5.75 Å². The zero-order valence-corrected chi connectivity index (χ0v) is 15.6. The Morgan fingerprint density at radius 3 is 2.36 bits per heavy atom. The molecule has 1 fully saturated rings. The van der Waals surface area contributed by atoms with Crippen molar-refractivity contribution in [2.75, 3.05) is 31.4 Å². The standard InChI is InChI=1S/C20H25NO3S/c1-24-19-5-3-4-17(15-19)14-16-10-12-21(13-11-16)18-6-8-20(9-7-18)25(2,22)23/h3-9,15-16H,10-14H2,1-2H3. The molecule has 0 aliphatic carbocycles. The van der Waals surface area contributed by atoms with E-state index in [2.05, 4.69) is 17.0 Å². The monoisotopic (exact) mass is 359 g/mol. The zero-order chi connectivity index (χ0) is 17.9. The van der Waals surface area contributed by atoms with Crippen LogP contribution in [0.1, 0.15) is 18.4 Å². The topological polar surface area (TPSA) is 46.6 Å². The van der Waals surface area contributed by atoms with E-state index < -0.39 is 9.84 Å². The average molecular weight is 359 g/mol. The van der Waals surface area contributed by atoms with E-state index in [4.69, 9.17) is 4.74 Å². The Labute approximate surface area is 150 Å². The first-order valence-corrected chi connectivity index (χ1v) is 10.5. The van der Waals surface area contributed by atoms with Crippen molar-refractivity contribution in [3.05, 3.63) is 54.1 Å². The second kappa shape index (κ2) is 7.48. The maximum Gasteiger partial charge on any atom is 0.175 e. The molecule has 1 aliphatic heterocycles. The third-order valence-electron chi connectivity index (χ3n) is 4.90. The summed E-state index contributed by atoms with van der Waals surface area (Å²) in [6.07, 6.45) is 4.61. The summed E-state index contributed by atoms with van der Waals surface area (Å²) in [6.45, 7) is 2.01. The van der Waals surface area contributed by atoms with Gasteiger partial charge in [0.15, 0.2) is 9.84 Å². The Balaban J connectivity index is 1.58. The highest BCUT2D eigenvalue weighted by Gasteiger charge is 2.20. The summed E-state index contributed by atoms with van der Waals surface area (Å²) in [4.78, 5) is 2.72. The molecule has 0 amide bonds. The van der Waals surface area contributed by atoms with Crippen LogP contribution >= 0.6 is 0 Å². The number of ether oxygens (including phenoxy) is 1. The fourth-order valence-electron chi connectivity index (χ4n) is 3.43. The van der Waals surface area contributed by atoms with Crippen molar-refractivity contribution in [3.63, 3.8) is 0 Å². The summed E-state index contributed by atoms with van der Waals surface area (Å²) in [6, 6.07) is 15.5. The van der Waals surface area contributed by atoms with E-state index in [9.17, 15) is 8.42 Å². The molecule has 0 spiro atoms. The van der Waals surface area contributed by atoms with Crippen LogP contribution in [0.4, 0.5) is 5.69 Å². The lowest BCUT2D eigenvalue weighted by Crippen LogP contribution is -2.34. The van der Waals surface area contributed by atoms with Gasteiger partial charge in [-0.05, 0) is 67.1 Å². The van der Waals surface area contributed by atoms with E-state index in [1.165, 1.54) is 11.8 Å². The molecular formula is C20H25NO3S. The second-order valence-corrected chi connectivity index (χ2v) is 8.77. The molecule has 25 heavy (non-hydrogen) atoms. The lowest BCUT2D eigenvalue weighted by atomic mass is 9.90. The predicted molar refractivity (Wildman–Crippen MR) is 101 cm³/mol. The molecule has 0 bridgehead atoms. The van der Waals surface area contributed by atoms with E-state index in [0.29, 0.717) is 10.8 Å². The first kappa shape index (κ1) is 17.8. The van der Waals surface area contributed by atoms with Gasteiger partial charge in [-0.15, -0.1) is 0 Å². The van der Waals surface area contributed by atoms with Gasteiger partial charge in [0.2, 0.25) is 0 Å². The van der Waals surface area contributed by atoms with Gasteiger partial charge < -0.3 is 9.64 Å². The number of benzene rings is 2. The Kier molecular flexibility index (Phi) is 5.33. The van der Waals surface area contributed by atoms with Crippen molar-refractivity contribution in [1.29, 1.82) is 0 Å². The molecule has 5 heteroatoms. The predicted octanol–water partition coefficient (Wildman–Crippen LogP) is 3.56. The number of nitrogens with zero attached hydrogens (tertiary/aromatic N) is 1. The van der Waals surface area contributed by atoms with Gasteiger partial charge in [-0.2, -0.15) is 0 Å². The minimum absolute atomic E-state index is 0.379. The number of hydrogen-bond donors (Lipinski definition) is 0. The third kappa shape index (κ3) is 4.54. The van der Waals surface area contributed by atoms with Gasteiger partial charge in [-0.3, -0.25) is 0 Å². The minimum atomic E-state index is -3.13. The maximum atomic E-state index is 11.6. The molecule has 3 rings (SSSR count). The number of methoxy groups -OCH3 is 1. The maximum absolute atomic E-state index is 11.6. The molecule has 2 aromatic rings. The molecule has 0 saturated carbocycles. The summed E-state index contributed by atoms with van der Waals surface area (Å²) >= 11 is 0. The van der Waals surface area contributed by atoms with Crippen molar-refractivity contribution in [2.24, 2.45) is 5.92 Å². The fraction of sp³-hybridized carbons (Fsp3) is 0.400. The highest BCUT2D eigenvalue weighted by atomic mass is 32.2. The smallest absolute Gasteiger partial charge is 0.175 e. The summed E-state index contributed by atoms with van der Waals surface area (Å²) in [5, 5.41) is 0. The Morgan fingerprint density at radius 2 is 1.76 bits per heavy atom. The van der Waals surface area contributed by atoms with Crippen molar-refractivity contribution < 1.29 is 13.2 Å². The van der Waals surface area contributed by atoms with Gasteiger partial charge in [0, 0.05) is 25.0 Å². The van der Waals surface area contributed by atoms with Crippen LogP contribution in [0.2, 0.25) is 0 Å². The van der Waals surface area contributed by atoms with Gasteiger partial charge in [0.05, 0.1) is 12.0 Å². The van der Waals surface area contributed by atoms with E-state index >= 15 is 0 Å². The van der Waals surface area contributed by atoms with Crippen LogP contribution in [0.5, 0.6) is 5.75 Å². The number of rotatable bonds is 5. The minimum Gasteiger partial charge on any atom is -0.497 e. The lowest BCUT2D eigenvalue weighted by Gasteiger charge is -2.33. The molecule has 0 aromatic heterocycles. The number of hydrogen-bond acceptors (Lipinski definition) is 4. The van der Waals surface area contributed by atoms with Gasteiger partial charge in [0.25, 0.3) is 0 Å². The number of sulfone groups is 1. The van der Waals surface area contributed by atoms with E-state index in [-0.39, 0.29) is 0 Å². The molecule has 0 N–H and O–H groups in total. The van der Waals surface area contributed by atoms with E-state index in [0.717, 1.165) is 43.8 Å². The quantitative estimate of drug-likeness (QED) is 0.819. The Hall–Kier alpha value is -2.01. The van der Waals surface area contributed by atoms with Crippen LogP contribution in [-0.4, -0.2) is 34.9 Å². The highest BCUT2D eigenvalue weighted by Crippen LogP contribution is 2.27. The SMILES string of the molecule is COc1cccc(CC2CCN(c3ccc(S(C)(=O)=O)cc3)CC2)c1. The molecule has 1 saturated heterocycles. The highest BCUT2D eigenvalue weighted by molar-refractivity contribution is 7.90. The first-order valence-electron chi connectivity index (χ1n) is 8.64. The number of anilines is 1. The van der Waals surface area contributed by atoms with Crippen molar-refractivity contribution >= 4 is 15.5 Å². The molecule has 0 atom stereocenters. The molecular weight excluding hydrogens is 334 g/mol. The fourth-order valence-corrected chi connectivity index (χ4v) is 4.06. The van der Waals surface area contributed by atoms with Crippen LogP contribution in [-0.2, 0) is 16.3 Å². The summed E-state index contributed by atoms with van der Waals surface area (Å²) in [7, 11) is -1.43. The average Bonchev–Trinajstić information content (AvgIpc) is 2.62. The van der Waals surface area contributed by atoms with Gasteiger partial charge >= 0.3 is 0 Å². The van der Waals surface area contributed by atoms with E-state index in [1.807, 2.05) is 24.3 Å². The van der Waals surface area contributed by atoms with Gasteiger partial charge in [0.1, 0.15) is 5.75 Å². The Bertz CT molecular complexity index is 807. The van der Waals surface area contributed by atoms with E-state index in [1.54, 1.807) is 19.2 Å². The molecule has 4 nitrogen and oxygen atoms in total. The third-order valence-corrected chi connectivity index (χ3v) is 6.03. The summed E-state index contributed by atoms with van der Waals surface area (Å²) in [5.74, 6) is 1.60. The molecule has 134 valence electrons. The zero-order valence-electron chi connectivity index (χ0n) is 14.8. The van der Waals surface area contributed by atoms with Crippen LogP contribution in [0, 0.1) is 5.92 Å². The van der Waals surface area contributed by atoms with Crippen molar-refractivity contribution in [2.45, 2.75) is 24.2 Å². The summed E-state index contributed by atoms with van der Waals surface area (Å²) in [5.41, 5.74) is 2.43. The largest absolute Gasteiger partial charge is 0.497 e.